The lowest BCUT2D eigenvalue weighted by atomic mass is 10.2. The first-order valence-corrected chi connectivity index (χ1v) is 5.52. The largest absolute Gasteiger partial charge is 0.253 e. The molecule has 74 valence electrons. The molecule has 1 aromatic heterocycles. The zero-order valence-electron chi connectivity index (χ0n) is 7.26. The predicted octanol–water partition coefficient (Wildman–Crippen LogP) is 4.18. The summed E-state index contributed by atoms with van der Waals surface area (Å²) in [7, 11) is 0. The van der Waals surface area contributed by atoms with Crippen molar-refractivity contribution in [2.24, 2.45) is 0 Å². The normalized spacial score (nSPS) is 10.3. The molecule has 0 fully saturated rings. The van der Waals surface area contributed by atoms with E-state index in [0.29, 0.717) is 26.5 Å². The zero-order valence-corrected chi connectivity index (χ0v) is 10.4. The van der Waals surface area contributed by atoms with Gasteiger partial charge in [0.05, 0.1) is 21.1 Å². The first kappa shape index (κ1) is 10.7. The Hall–Kier alpha value is -0.820. The molecule has 2 rings (SSSR count). The summed E-state index contributed by atoms with van der Waals surface area (Å²) in [6.45, 7) is 0. The van der Waals surface area contributed by atoms with Crippen molar-refractivity contribution < 1.29 is 0 Å². The molecule has 0 N–H and O–H groups in total. The van der Waals surface area contributed by atoms with Gasteiger partial charge in [-0.15, -0.1) is 0 Å². The van der Waals surface area contributed by atoms with Crippen molar-refractivity contribution in [2.75, 3.05) is 0 Å². The zero-order chi connectivity index (χ0) is 11.0. The molecular weight excluding hydrogens is 299 g/mol. The number of rotatable bonds is 0. The van der Waals surface area contributed by atoms with Crippen LogP contribution in [0.15, 0.2) is 22.8 Å². The van der Waals surface area contributed by atoms with Crippen LogP contribution in [0.4, 0.5) is 0 Å². The van der Waals surface area contributed by atoms with E-state index in [-0.39, 0.29) is 0 Å². The quantitative estimate of drug-likeness (QED) is 0.732. The molecule has 5 heteroatoms. The van der Waals surface area contributed by atoms with Crippen molar-refractivity contribution in [1.82, 2.24) is 4.98 Å². The minimum absolute atomic E-state index is 0.340. The van der Waals surface area contributed by atoms with Gasteiger partial charge in [0.15, 0.2) is 0 Å². The summed E-state index contributed by atoms with van der Waals surface area (Å²) in [5.74, 6) is 0. The molecule has 2 nitrogen and oxygen atoms in total. The third-order valence-electron chi connectivity index (χ3n) is 1.98. The Morgan fingerprint density at radius 2 is 2.07 bits per heavy atom. The summed E-state index contributed by atoms with van der Waals surface area (Å²) in [6, 6.07) is 5.48. The molecule has 1 aromatic carbocycles. The molecule has 0 spiro atoms. The highest BCUT2D eigenvalue weighted by molar-refractivity contribution is 9.10. The molecular formula is C10H3BrCl2N2. The number of aromatic nitrogens is 1. The molecule has 0 unspecified atom stereocenters. The lowest BCUT2D eigenvalue weighted by Crippen LogP contribution is -1.87. The van der Waals surface area contributed by atoms with Gasteiger partial charge >= 0.3 is 0 Å². The SMILES string of the molecule is N#Cc1cnc2c(Cl)ccc(Br)c2c1Cl. The third kappa shape index (κ3) is 1.69. The second-order valence-corrected chi connectivity index (χ2v) is 4.49. The highest BCUT2D eigenvalue weighted by atomic mass is 79.9. The van der Waals surface area contributed by atoms with Gasteiger partial charge in [-0.2, -0.15) is 5.26 Å². The Bertz CT molecular complexity index is 590. The fourth-order valence-electron chi connectivity index (χ4n) is 1.27. The summed E-state index contributed by atoms with van der Waals surface area (Å²) in [6.07, 6.45) is 1.42. The van der Waals surface area contributed by atoms with Crippen molar-refractivity contribution in [3.63, 3.8) is 0 Å². The first-order valence-electron chi connectivity index (χ1n) is 3.97. The number of nitrogens with zero attached hydrogens (tertiary/aromatic N) is 2. The summed E-state index contributed by atoms with van der Waals surface area (Å²) in [5.41, 5.74) is 0.933. The first-order chi connectivity index (χ1) is 7.15. The van der Waals surface area contributed by atoms with Crippen LogP contribution in [0.25, 0.3) is 10.9 Å². The molecule has 0 aliphatic carbocycles. The smallest absolute Gasteiger partial charge is 0.102 e. The van der Waals surface area contributed by atoms with E-state index in [2.05, 4.69) is 20.9 Å². The Kier molecular flexibility index (Phi) is 2.83. The predicted molar refractivity (Wildman–Crippen MR) is 64.2 cm³/mol. The van der Waals surface area contributed by atoms with Crippen LogP contribution in [-0.2, 0) is 0 Å². The number of benzene rings is 1. The van der Waals surface area contributed by atoms with E-state index in [4.69, 9.17) is 28.5 Å². The van der Waals surface area contributed by atoms with Crippen LogP contribution in [0.3, 0.4) is 0 Å². The van der Waals surface area contributed by atoms with Crippen LogP contribution in [0.1, 0.15) is 5.56 Å². The Labute approximate surface area is 105 Å². The summed E-state index contributed by atoms with van der Waals surface area (Å²) in [5, 5.41) is 10.4. The van der Waals surface area contributed by atoms with Crippen molar-refractivity contribution in [3.05, 3.63) is 38.4 Å². The molecule has 2 aromatic rings. The van der Waals surface area contributed by atoms with Gasteiger partial charge < -0.3 is 0 Å². The minimum Gasteiger partial charge on any atom is -0.253 e. The average molecular weight is 302 g/mol. The molecule has 1 heterocycles. The number of pyridine rings is 1. The molecule has 0 aliphatic heterocycles. The van der Waals surface area contributed by atoms with E-state index in [1.54, 1.807) is 12.1 Å². The van der Waals surface area contributed by atoms with E-state index in [1.165, 1.54) is 6.20 Å². The van der Waals surface area contributed by atoms with Crippen molar-refractivity contribution in [3.8, 4) is 6.07 Å². The lowest BCUT2D eigenvalue weighted by molar-refractivity contribution is 1.37. The minimum atomic E-state index is 0.340. The molecule has 0 saturated heterocycles. The van der Waals surface area contributed by atoms with Gasteiger partial charge in [-0.05, 0) is 12.1 Å². The van der Waals surface area contributed by atoms with Crippen molar-refractivity contribution in [1.29, 1.82) is 5.26 Å². The summed E-state index contributed by atoms with van der Waals surface area (Å²) >= 11 is 15.4. The Morgan fingerprint density at radius 1 is 1.33 bits per heavy atom. The van der Waals surface area contributed by atoms with E-state index < -0.39 is 0 Å². The molecule has 0 saturated carbocycles. The maximum atomic E-state index is 8.82. The fourth-order valence-corrected chi connectivity index (χ4v) is 2.40. The number of fused-ring (bicyclic) bond motifs is 1. The van der Waals surface area contributed by atoms with Crippen LogP contribution in [0.2, 0.25) is 10.0 Å². The molecule has 0 bridgehead atoms. The fraction of sp³-hybridized carbons (Fsp3) is 0. The van der Waals surface area contributed by atoms with Gasteiger partial charge in [0.25, 0.3) is 0 Å². The van der Waals surface area contributed by atoms with Crippen molar-refractivity contribution in [2.45, 2.75) is 0 Å². The van der Waals surface area contributed by atoms with E-state index in [0.717, 1.165) is 4.47 Å². The highest BCUT2D eigenvalue weighted by Gasteiger charge is 2.11. The van der Waals surface area contributed by atoms with Crippen molar-refractivity contribution >= 4 is 50.0 Å². The van der Waals surface area contributed by atoms with Gasteiger partial charge in [0.1, 0.15) is 6.07 Å². The van der Waals surface area contributed by atoms with Gasteiger partial charge in [-0.25, -0.2) is 0 Å². The summed E-state index contributed by atoms with van der Waals surface area (Å²) < 4.78 is 0.775. The number of hydrogen-bond acceptors (Lipinski definition) is 2. The van der Waals surface area contributed by atoms with Gasteiger partial charge in [0.2, 0.25) is 0 Å². The van der Waals surface area contributed by atoms with Crippen LogP contribution in [-0.4, -0.2) is 4.98 Å². The van der Waals surface area contributed by atoms with Crippen LogP contribution >= 0.6 is 39.1 Å². The van der Waals surface area contributed by atoms with E-state index in [9.17, 15) is 0 Å². The maximum absolute atomic E-state index is 8.82. The highest BCUT2D eigenvalue weighted by Crippen LogP contribution is 2.35. The monoisotopic (exact) mass is 300 g/mol. The van der Waals surface area contributed by atoms with Crippen LogP contribution < -0.4 is 0 Å². The molecule has 0 atom stereocenters. The third-order valence-corrected chi connectivity index (χ3v) is 3.34. The second-order valence-electron chi connectivity index (χ2n) is 2.85. The molecule has 15 heavy (non-hydrogen) atoms. The standard InChI is InChI=1S/C10H3BrCl2N2/c11-6-1-2-7(12)10-8(6)9(13)5(3-14)4-15-10/h1-2,4H. The number of nitriles is 1. The topological polar surface area (TPSA) is 36.7 Å². The second kappa shape index (κ2) is 3.97. The van der Waals surface area contributed by atoms with Gasteiger partial charge in [-0.1, -0.05) is 39.1 Å². The molecule has 0 aliphatic rings. The lowest BCUT2D eigenvalue weighted by Gasteiger charge is -2.05. The average Bonchev–Trinajstić information content (AvgIpc) is 2.23. The molecule has 0 radical (unpaired) electrons. The van der Waals surface area contributed by atoms with Gasteiger partial charge in [0, 0.05) is 16.1 Å². The van der Waals surface area contributed by atoms with Gasteiger partial charge in [-0.3, -0.25) is 4.98 Å². The number of hydrogen-bond donors (Lipinski definition) is 0. The molecule has 0 amide bonds. The Morgan fingerprint density at radius 3 is 2.73 bits per heavy atom. The number of halogens is 3. The van der Waals surface area contributed by atoms with E-state index >= 15 is 0 Å². The van der Waals surface area contributed by atoms with Crippen LogP contribution in [0, 0.1) is 11.3 Å². The Balaban J connectivity index is 3.00. The van der Waals surface area contributed by atoms with Crippen LogP contribution in [0.5, 0.6) is 0 Å². The summed E-state index contributed by atoms with van der Waals surface area (Å²) in [4.78, 5) is 4.10. The van der Waals surface area contributed by atoms with E-state index in [1.807, 2.05) is 6.07 Å². The maximum Gasteiger partial charge on any atom is 0.102 e.